The number of amides is 1. The van der Waals surface area contributed by atoms with E-state index >= 15 is 0 Å². The number of hydrogen-bond acceptors (Lipinski definition) is 4. The van der Waals surface area contributed by atoms with Crippen LogP contribution in [0.5, 0.6) is 5.75 Å². The van der Waals surface area contributed by atoms with Crippen LogP contribution in [0.4, 0.5) is 0 Å². The molecule has 3 heterocycles. The van der Waals surface area contributed by atoms with Crippen LogP contribution in [0.25, 0.3) is 0 Å². The average Bonchev–Trinajstić information content (AvgIpc) is 3.41. The Bertz CT molecular complexity index is 903. The molecule has 0 radical (unpaired) electrons. The minimum Gasteiger partial charge on any atom is -0.508 e. The fourth-order valence-corrected chi connectivity index (χ4v) is 6.18. The number of hydrogen-bond donors (Lipinski definition) is 1. The monoisotopic (exact) mass is 433 g/mol. The largest absolute Gasteiger partial charge is 0.508 e. The molecule has 1 aromatic rings. The summed E-state index contributed by atoms with van der Waals surface area (Å²) in [7, 11) is 0. The molecular formula is C27H35N3O2. The van der Waals surface area contributed by atoms with Gasteiger partial charge in [-0.1, -0.05) is 36.4 Å². The van der Waals surface area contributed by atoms with E-state index in [2.05, 4.69) is 40.7 Å². The van der Waals surface area contributed by atoms with E-state index in [0.29, 0.717) is 17.8 Å². The lowest BCUT2D eigenvalue weighted by Gasteiger charge is -2.45. The Labute approximate surface area is 191 Å². The number of piperazine rings is 1. The lowest BCUT2D eigenvalue weighted by molar-refractivity contribution is -0.132. The number of phenols is 1. The molecule has 2 bridgehead atoms. The Morgan fingerprint density at radius 1 is 1.19 bits per heavy atom. The van der Waals surface area contributed by atoms with Gasteiger partial charge in [0.05, 0.1) is 12.0 Å². The first-order valence-corrected chi connectivity index (χ1v) is 12.2. The molecule has 3 fully saturated rings. The number of nitrogens with zero attached hydrogens (tertiary/aromatic N) is 3. The maximum atomic E-state index is 12.9. The molecule has 32 heavy (non-hydrogen) atoms. The van der Waals surface area contributed by atoms with Crippen LogP contribution in [0.1, 0.15) is 43.7 Å². The van der Waals surface area contributed by atoms with E-state index in [0.717, 1.165) is 57.5 Å². The number of carbonyl (C=O) groups is 1. The number of phenolic OH excluding ortho intramolecular Hbond substituents is 1. The van der Waals surface area contributed by atoms with Gasteiger partial charge in [-0.3, -0.25) is 14.6 Å². The Morgan fingerprint density at radius 3 is 2.56 bits per heavy atom. The number of fused-ring (bicyclic) bond motifs is 2. The van der Waals surface area contributed by atoms with Crippen molar-refractivity contribution in [2.24, 2.45) is 5.92 Å². The number of carbonyl (C=O) groups excluding carboxylic acids is 1. The fraction of sp³-hybridized carbons (Fsp3) is 0.519. The third kappa shape index (κ3) is 4.16. The molecule has 4 aliphatic rings. The fourth-order valence-electron chi connectivity index (χ4n) is 6.18. The summed E-state index contributed by atoms with van der Waals surface area (Å²) in [5.41, 5.74) is 2.37. The molecule has 5 heteroatoms. The van der Waals surface area contributed by atoms with Crippen LogP contribution in [0.3, 0.4) is 0 Å². The summed E-state index contributed by atoms with van der Waals surface area (Å²) in [4.78, 5) is 20.1. The second-order valence-corrected chi connectivity index (χ2v) is 9.76. The van der Waals surface area contributed by atoms with E-state index in [1.807, 2.05) is 23.1 Å². The number of aromatic hydroxyl groups is 1. The lowest BCUT2D eigenvalue weighted by Crippen LogP contribution is -2.54. The van der Waals surface area contributed by atoms with Crippen molar-refractivity contribution in [3.8, 4) is 5.75 Å². The van der Waals surface area contributed by atoms with Crippen LogP contribution in [-0.4, -0.2) is 70.5 Å². The quantitative estimate of drug-likeness (QED) is 0.692. The molecule has 3 aliphatic heterocycles. The molecule has 1 amide bonds. The summed E-state index contributed by atoms with van der Waals surface area (Å²) < 4.78 is 0. The average molecular weight is 434 g/mol. The first-order chi connectivity index (χ1) is 15.6. The van der Waals surface area contributed by atoms with Crippen molar-refractivity contribution in [3.05, 3.63) is 66.3 Å². The van der Waals surface area contributed by atoms with Crippen molar-refractivity contribution in [2.45, 2.75) is 50.2 Å². The second-order valence-electron chi connectivity index (χ2n) is 9.76. The highest BCUT2D eigenvalue weighted by atomic mass is 16.3. The highest BCUT2D eigenvalue weighted by Gasteiger charge is 2.42. The summed E-state index contributed by atoms with van der Waals surface area (Å²) in [5.74, 6) is 0.546. The SMILES string of the molecule is C=CCN1C2CCC1CN(C(C1=CCC(C(=O)N3CCCC3)C=C1)c1cccc(O)c1)C2. The molecule has 1 aromatic carbocycles. The highest BCUT2D eigenvalue weighted by Crippen LogP contribution is 2.39. The van der Waals surface area contributed by atoms with Crippen LogP contribution in [0.15, 0.2) is 60.7 Å². The molecule has 1 aliphatic carbocycles. The maximum Gasteiger partial charge on any atom is 0.229 e. The zero-order valence-corrected chi connectivity index (χ0v) is 18.9. The minimum atomic E-state index is -0.0395. The molecule has 4 unspecified atom stereocenters. The molecule has 0 aromatic heterocycles. The van der Waals surface area contributed by atoms with Crippen LogP contribution < -0.4 is 0 Å². The van der Waals surface area contributed by atoms with E-state index in [-0.39, 0.29) is 17.9 Å². The molecule has 5 nitrogen and oxygen atoms in total. The van der Waals surface area contributed by atoms with Crippen molar-refractivity contribution >= 4 is 5.91 Å². The summed E-state index contributed by atoms with van der Waals surface area (Å²) >= 11 is 0. The topological polar surface area (TPSA) is 47.0 Å². The molecule has 0 saturated carbocycles. The lowest BCUT2D eigenvalue weighted by atomic mass is 9.88. The Morgan fingerprint density at radius 2 is 1.94 bits per heavy atom. The van der Waals surface area contributed by atoms with Gasteiger partial charge in [0, 0.05) is 44.8 Å². The molecule has 1 N–H and O–H groups in total. The number of allylic oxidation sites excluding steroid dienone is 1. The van der Waals surface area contributed by atoms with Crippen molar-refractivity contribution in [2.75, 3.05) is 32.7 Å². The smallest absolute Gasteiger partial charge is 0.229 e. The van der Waals surface area contributed by atoms with Gasteiger partial charge in [-0.2, -0.15) is 0 Å². The summed E-state index contributed by atoms with van der Waals surface area (Å²) in [5, 5.41) is 10.2. The van der Waals surface area contributed by atoms with Gasteiger partial charge in [0.25, 0.3) is 0 Å². The second kappa shape index (κ2) is 9.24. The van der Waals surface area contributed by atoms with Gasteiger partial charge in [0.15, 0.2) is 0 Å². The molecule has 170 valence electrons. The van der Waals surface area contributed by atoms with Gasteiger partial charge in [0.1, 0.15) is 5.75 Å². The standard InChI is InChI=1S/C27H35N3O2/c1-2-14-30-23-12-13-24(30)19-29(18-23)26(22-6-5-7-25(31)17-22)20-8-10-21(11-9-20)27(32)28-15-3-4-16-28/h2,5-10,17,21,23-24,26,31H,1,3-4,11-16,18-19H2. The predicted octanol–water partition coefficient (Wildman–Crippen LogP) is 3.89. The number of rotatable bonds is 6. The van der Waals surface area contributed by atoms with E-state index in [1.54, 1.807) is 6.07 Å². The van der Waals surface area contributed by atoms with Crippen LogP contribution in [0, 0.1) is 5.92 Å². The Balaban J connectivity index is 1.38. The van der Waals surface area contributed by atoms with Crippen LogP contribution in [0.2, 0.25) is 0 Å². The predicted molar refractivity (Wildman–Crippen MR) is 127 cm³/mol. The van der Waals surface area contributed by atoms with Gasteiger partial charge in [-0.15, -0.1) is 6.58 Å². The van der Waals surface area contributed by atoms with Gasteiger partial charge in [-0.25, -0.2) is 0 Å². The van der Waals surface area contributed by atoms with Gasteiger partial charge in [0.2, 0.25) is 5.91 Å². The molecule has 0 spiro atoms. The molecule has 5 rings (SSSR count). The summed E-state index contributed by atoms with van der Waals surface area (Å²) in [6, 6.07) is 8.93. The zero-order valence-electron chi connectivity index (χ0n) is 18.9. The van der Waals surface area contributed by atoms with Crippen molar-refractivity contribution in [1.29, 1.82) is 0 Å². The number of likely N-dealkylation sites (tertiary alicyclic amines) is 2. The molecule has 3 saturated heterocycles. The maximum absolute atomic E-state index is 12.9. The highest BCUT2D eigenvalue weighted by molar-refractivity contribution is 5.81. The van der Waals surface area contributed by atoms with Gasteiger partial charge >= 0.3 is 0 Å². The minimum absolute atomic E-state index is 0.0395. The van der Waals surface area contributed by atoms with E-state index < -0.39 is 0 Å². The van der Waals surface area contributed by atoms with Gasteiger partial charge < -0.3 is 10.0 Å². The Kier molecular flexibility index (Phi) is 6.20. The van der Waals surface area contributed by atoms with E-state index in [4.69, 9.17) is 0 Å². The summed E-state index contributed by atoms with van der Waals surface area (Å²) in [6.45, 7) is 8.77. The first-order valence-electron chi connectivity index (χ1n) is 12.2. The molecular weight excluding hydrogens is 398 g/mol. The van der Waals surface area contributed by atoms with Crippen molar-refractivity contribution in [3.63, 3.8) is 0 Å². The first kappa shape index (κ1) is 21.5. The van der Waals surface area contributed by atoms with Gasteiger partial charge in [-0.05, 0) is 55.4 Å². The van der Waals surface area contributed by atoms with Crippen molar-refractivity contribution < 1.29 is 9.90 Å². The summed E-state index contributed by atoms with van der Waals surface area (Å²) in [6.07, 6.45) is 14.1. The van der Waals surface area contributed by atoms with Crippen LogP contribution >= 0.6 is 0 Å². The van der Waals surface area contributed by atoms with E-state index in [1.165, 1.54) is 18.4 Å². The zero-order chi connectivity index (χ0) is 22.1. The molecule has 4 atom stereocenters. The Hall–Kier alpha value is -2.37. The third-order valence-corrected chi connectivity index (χ3v) is 7.73. The normalized spacial score (nSPS) is 29.2. The van der Waals surface area contributed by atoms with Crippen LogP contribution in [-0.2, 0) is 4.79 Å². The van der Waals surface area contributed by atoms with Crippen molar-refractivity contribution in [1.82, 2.24) is 14.7 Å². The number of benzene rings is 1. The van der Waals surface area contributed by atoms with E-state index in [9.17, 15) is 9.90 Å². The third-order valence-electron chi connectivity index (χ3n) is 7.73.